The highest BCUT2D eigenvalue weighted by Crippen LogP contribution is 2.55. The number of para-hydroxylation sites is 1. The van der Waals surface area contributed by atoms with Gasteiger partial charge in [0.05, 0.1) is 42.5 Å². The second-order valence-corrected chi connectivity index (χ2v) is 11.1. The summed E-state index contributed by atoms with van der Waals surface area (Å²) in [5, 5.41) is -0.400. The molecule has 10 nitrogen and oxygen atoms in total. The number of amides is 2. The highest BCUT2D eigenvalue weighted by Gasteiger charge is 2.57. The van der Waals surface area contributed by atoms with Crippen LogP contribution in [0.3, 0.4) is 0 Å². The van der Waals surface area contributed by atoms with E-state index in [1.807, 2.05) is 6.07 Å². The van der Waals surface area contributed by atoms with Crippen molar-refractivity contribution in [2.75, 3.05) is 25.2 Å². The number of hydrogen-bond donors (Lipinski definition) is 0. The van der Waals surface area contributed by atoms with Crippen LogP contribution in [-0.4, -0.2) is 53.9 Å². The monoisotopic (exact) mass is 582 g/mol. The third-order valence-electron chi connectivity index (χ3n) is 6.75. The maximum atomic E-state index is 14.0. The van der Waals surface area contributed by atoms with Crippen LogP contribution in [0.25, 0.3) is 0 Å². The summed E-state index contributed by atoms with van der Waals surface area (Å²) in [6.45, 7) is 3.47. The zero-order chi connectivity index (χ0) is 28.6. The Morgan fingerprint density at radius 2 is 1.62 bits per heavy atom. The van der Waals surface area contributed by atoms with E-state index in [1.54, 1.807) is 32.0 Å². The summed E-state index contributed by atoms with van der Waals surface area (Å²) in [6.07, 6.45) is 0. The van der Waals surface area contributed by atoms with E-state index in [2.05, 4.69) is 0 Å². The third kappa shape index (κ3) is 4.71. The lowest BCUT2D eigenvalue weighted by atomic mass is 9.82. The van der Waals surface area contributed by atoms with Crippen molar-refractivity contribution < 1.29 is 33.4 Å². The number of anilines is 1. The lowest BCUT2D eigenvalue weighted by Crippen LogP contribution is -2.33. The van der Waals surface area contributed by atoms with Gasteiger partial charge in [0.2, 0.25) is 11.8 Å². The fourth-order valence-electron chi connectivity index (χ4n) is 5.07. The smallest absolute Gasteiger partial charge is 0.338 e. The number of thiazole rings is 1. The number of thioether (sulfide) groups is 1. The Morgan fingerprint density at radius 3 is 2.30 bits per heavy atom. The molecule has 2 aromatic carbocycles. The van der Waals surface area contributed by atoms with Gasteiger partial charge in [-0.3, -0.25) is 23.7 Å². The van der Waals surface area contributed by atoms with Gasteiger partial charge in [-0.05, 0) is 44.2 Å². The van der Waals surface area contributed by atoms with Crippen molar-refractivity contribution in [2.24, 2.45) is 5.92 Å². The van der Waals surface area contributed by atoms with E-state index in [9.17, 15) is 24.0 Å². The van der Waals surface area contributed by atoms with Gasteiger partial charge < -0.3 is 14.2 Å². The molecule has 208 valence electrons. The largest absolute Gasteiger partial charge is 0.496 e. The van der Waals surface area contributed by atoms with Gasteiger partial charge >= 0.3 is 16.8 Å². The van der Waals surface area contributed by atoms with Crippen molar-refractivity contribution in [2.45, 2.75) is 36.6 Å². The van der Waals surface area contributed by atoms with Crippen molar-refractivity contribution in [1.29, 1.82) is 0 Å². The number of methoxy groups -OCH3 is 1. The summed E-state index contributed by atoms with van der Waals surface area (Å²) >= 11 is 2.06. The van der Waals surface area contributed by atoms with Crippen LogP contribution in [0, 0.1) is 5.92 Å². The molecule has 1 saturated heterocycles. The number of benzene rings is 2. The van der Waals surface area contributed by atoms with E-state index in [1.165, 1.54) is 35.9 Å². The molecular formula is C28H26N2O8S2. The molecule has 2 amide bonds. The van der Waals surface area contributed by atoms with Crippen molar-refractivity contribution in [3.05, 3.63) is 74.2 Å². The Bertz CT molecular complexity index is 1540. The number of esters is 2. The van der Waals surface area contributed by atoms with Gasteiger partial charge in [-0.15, -0.1) is 0 Å². The van der Waals surface area contributed by atoms with Gasteiger partial charge in [-0.1, -0.05) is 41.3 Å². The normalized spacial score (nSPS) is 19.7. The maximum absolute atomic E-state index is 14.0. The highest BCUT2D eigenvalue weighted by molar-refractivity contribution is 8.00. The lowest BCUT2D eigenvalue weighted by molar-refractivity contribution is -0.144. The summed E-state index contributed by atoms with van der Waals surface area (Å²) in [7, 11) is 1.52. The molecular weight excluding hydrogens is 556 g/mol. The zero-order valence-corrected chi connectivity index (χ0v) is 23.6. The number of ether oxygens (including phenoxy) is 3. The molecule has 5 rings (SSSR count). The van der Waals surface area contributed by atoms with Crippen molar-refractivity contribution in [3.63, 3.8) is 0 Å². The average molecular weight is 583 g/mol. The molecule has 12 heteroatoms. The Kier molecular flexibility index (Phi) is 7.81. The molecule has 0 N–H and O–H groups in total. The fourth-order valence-corrected chi connectivity index (χ4v) is 7.83. The molecule has 0 aliphatic carbocycles. The topological polar surface area (TPSA) is 121 Å². The van der Waals surface area contributed by atoms with Crippen LogP contribution < -0.4 is 14.5 Å². The van der Waals surface area contributed by atoms with Crippen LogP contribution in [-0.2, 0) is 30.4 Å². The molecule has 3 heterocycles. The number of hydrogen-bond acceptors (Lipinski definition) is 10. The summed E-state index contributed by atoms with van der Waals surface area (Å²) in [4.78, 5) is 66.7. The summed E-state index contributed by atoms with van der Waals surface area (Å²) < 4.78 is 17.0. The Balaban J connectivity index is 1.60. The molecule has 2 aliphatic rings. The van der Waals surface area contributed by atoms with E-state index in [4.69, 9.17) is 14.2 Å². The van der Waals surface area contributed by atoms with E-state index < -0.39 is 40.8 Å². The fraction of sp³-hybridized carbons (Fsp3) is 0.321. The first-order chi connectivity index (χ1) is 19.3. The molecule has 2 aliphatic heterocycles. The third-order valence-corrected chi connectivity index (χ3v) is 9.36. The molecule has 3 atom stereocenters. The van der Waals surface area contributed by atoms with Crippen molar-refractivity contribution in [3.8, 4) is 5.75 Å². The summed E-state index contributed by atoms with van der Waals surface area (Å²) in [5.41, 5.74) is 1.28. The molecule has 0 saturated carbocycles. The quantitative estimate of drug-likeness (QED) is 0.290. The van der Waals surface area contributed by atoms with Crippen LogP contribution in [0.15, 0.2) is 58.4 Å². The first-order valence-corrected chi connectivity index (χ1v) is 14.3. The second kappa shape index (κ2) is 11.3. The van der Waals surface area contributed by atoms with Crippen molar-refractivity contribution in [1.82, 2.24) is 4.57 Å². The number of nitrogens with zero attached hydrogens (tertiary/aromatic N) is 2. The minimum atomic E-state index is -0.859. The van der Waals surface area contributed by atoms with E-state index in [-0.39, 0.29) is 24.6 Å². The highest BCUT2D eigenvalue weighted by atomic mass is 32.2. The number of rotatable bonds is 8. The first kappa shape index (κ1) is 27.7. The number of aromatic nitrogens is 1. The Labute approximate surface area is 237 Å². The number of carbonyl (C=O) groups is 4. The van der Waals surface area contributed by atoms with Gasteiger partial charge in [0.25, 0.3) is 0 Å². The van der Waals surface area contributed by atoms with E-state index in [0.29, 0.717) is 32.5 Å². The number of imide groups is 1. The summed E-state index contributed by atoms with van der Waals surface area (Å²) in [6, 6.07) is 13.3. The predicted molar refractivity (Wildman–Crippen MR) is 148 cm³/mol. The molecule has 0 radical (unpaired) electrons. The predicted octanol–water partition coefficient (Wildman–Crippen LogP) is 3.45. The van der Waals surface area contributed by atoms with E-state index in [0.717, 1.165) is 28.0 Å². The van der Waals surface area contributed by atoms with Crippen molar-refractivity contribution >= 4 is 52.5 Å². The van der Waals surface area contributed by atoms with Gasteiger partial charge in [-0.2, -0.15) is 0 Å². The van der Waals surface area contributed by atoms with Crippen LogP contribution in [0.5, 0.6) is 5.75 Å². The van der Waals surface area contributed by atoms with Gasteiger partial charge in [0, 0.05) is 16.4 Å². The first-order valence-electron chi connectivity index (χ1n) is 12.6. The molecule has 0 unspecified atom stereocenters. The molecule has 1 fully saturated rings. The Morgan fingerprint density at radius 1 is 0.925 bits per heavy atom. The van der Waals surface area contributed by atoms with Gasteiger partial charge in [-0.25, -0.2) is 9.69 Å². The van der Waals surface area contributed by atoms with Crippen LogP contribution >= 0.6 is 23.1 Å². The molecule has 1 aromatic heterocycles. The number of carbonyl (C=O) groups excluding carboxylic acids is 4. The maximum Gasteiger partial charge on any atom is 0.338 e. The molecule has 3 aromatic rings. The minimum Gasteiger partial charge on any atom is -0.496 e. The van der Waals surface area contributed by atoms with Gasteiger partial charge in [0.15, 0.2) is 0 Å². The van der Waals surface area contributed by atoms with Crippen LogP contribution in [0.2, 0.25) is 0 Å². The average Bonchev–Trinajstić information content (AvgIpc) is 3.39. The summed E-state index contributed by atoms with van der Waals surface area (Å²) in [5.74, 6) is -2.93. The standard InChI is InChI=1S/C28H26N2O8S2/c1-4-37-19(31)14-29-26-23(40-28(29)35)20(17-8-6-7-9-18(17)36-3)21-22(39-26)25(33)30(24(21)32)16-12-10-15(11-13-16)27(34)38-5-2/h6-13,20-22H,4-5,14H2,1-3H3/t20-,21-,22+/m0/s1. The SMILES string of the molecule is CCOC(=O)Cn1c2c(sc1=O)[C@@H](c1ccccc1OC)[C@@H]1C(=O)N(c3ccc(C(=O)OCC)cc3)C(=O)[C@@H]1S2. The van der Waals surface area contributed by atoms with Crippen LogP contribution in [0.4, 0.5) is 5.69 Å². The molecule has 0 bridgehead atoms. The lowest BCUT2D eigenvalue weighted by Gasteiger charge is -2.31. The Hall–Kier alpha value is -3.90. The number of fused-ring (bicyclic) bond motifs is 2. The molecule has 0 spiro atoms. The van der Waals surface area contributed by atoms with Gasteiger partial charge in [0.1, 0.15) is 17.5 Å². The van der Waals surface area contributed by atoms with E-state index >= 15 is 0 Å². The zero-order valence-electron chi connectivity index (χ0n) is 21.9. The second-order valence-electron chi connectivity index (χ2n) is 8.99. The van der Waals surface area contributed by atoms with Crippen LogP contribution in [0.1, 0.15) is 40.6 Å². The minimum absolute atomic E-state index is 0.165. The molecule has 40 heavy (non-hydrogen) atoms.